The number of rotatable bonds is 13. The van der Waals surface area contributed by atoms with Gasteiger partial charge in [-0.3, -0.25) is 19.6 Å². The van der Waals surface area contributed by atoms with E-state index in [0.29, 0.717) is 33.2 Å². The molecule has 13 nitrogen and oxygen atoms in total. The summed E-state index contributed by atoms with van der Waals surface area (Å²) in [5.74, 6) is -3.10. The molecule has 0 aliphatic heterocycles. The standard InChI is InChI=1S/C34H32N4O9S/c1-21(25-9-7-10-26(18-25)36-32(40)29-12-4-5-13-30(29)34(42)43)37-47-20-24-14-15-28(22(2)39)31(17-24)33(41)38(44)27-11-6-8-23(16-27)19-35-48(3,45)46/h4-18,35,44H,19-20H2,1-3H3,(H,36,40)(H,42,43)/b37-21-. The van der Waals surface area contributed by atoms with E-state index in [-0.39, 0.29) is 41.1 Å². The largest absolute Gasteiger partial charge is 0.478 e. The average molecular weight is 673 g/mol. The molecule has 0 unspecified atom stereocenters. The molecule has 0 bridgehead atoms. The summed E-state index contributed by atoms with van der Waals surface area (Å²) in [5.41, 5.74) is 2.35. The van der Waals surface area contributed by atoms with Gasteiger partial charge in [0.25, 0.3) is 11.8 Å². The van der Waals surface area contributed by atoms with E-state index >= 15 is 0 Å². The van der Waals surface area contributed by atoms with E-state index in [9.17, 15) is 37.9 Å². The van der Waals surface area contributed by atoms with Crippen LogP contribution in [0.3, 0.4) is 0 Å². The molecule has 0 spiro atoms. The van der Waals surface area contributed by atoms with Crippen LogP contribution in [0.15, 0.2) is 96.2 Å². The maximum Gasteiger partial charge on any atom is 0.336 e. The van der Waals surface area contributed by atoms with Gasteiger partial charge in [0.2, 0.25) is 10.0 Å². The van der Waals surface area contributed by atoms with E-state index in [1.54, 1.807) is 55.5 Å². The van der Waals surface area contributed by atoms with Crippen molar-refractivity contribution in [3.05, 3.63) is 130 Å². The van der Waals surface area contributed by atoms with E-state index in [1.807, 2.05) is 0 Å². The number of carbonyl (C=O) groups is 4. The first-order chi connectivity index (χ1) is 22.7. The molecule has 2 amide bonds. The van der Waals surface area contributed by atoms with Crippen molar-refractivity contribution in [1.29, 1.82) is 0 Å². The van der Waals surface area contributed by atoms with Crippen LogP contribution in [0.1, 0.15) is 72.0 Å². The molecule has 4 rings (SSSR count). The molecule has 248 valence electrons. The summed E-state index contributed by atoms with van der Waals surface area (Å²) in [6.45, 7) is 2.81. The number of benzene rings is 4. The number of carbonyl (C=O) groups excluding carboxylic acids is 3. The number of anilines is 2. The first-order valence-electron chi connectivity index (χ1n) is 14.3. The lowest BCUT2D eigenvalue weighted by Gasteiger charge is -2.18. The number of nitrogens with one attached hydrogen (secondary N) is 2. The van der Waals surface area contributed by atoms with Crippen molar-refractivity contribution in [2.75, 3.05) is 16.6 Å². The van der Waals surface area contributed by atoms with E-state index in [0.717, 1.165) is 6.26 Å². The minimum Gasteiger partial charge on any atom is -0.478 e. The fraction of sp³-hybridized carbons (Fsp3) is 0.147. The van der Waals surface area contributed by atoms with Gasteiger partial charge in [-0.2, -0.15) is 5.06 Å². The molecule has 14 heteroatoms. The van der Waals surface area contributed by atoms with Crippen LogP contribution in [0.2, 0.25) is 0 Å². The first-order valence-corrected chi connectivity index (χ1v) is 16.2. The molecule has 4 aromatic carbocycles. The van der Waals surface area contributed by atoms with Gasteiger partial charge < -0.3 is 15.3 Å². The molecule has 0 aliphatic carbocycles. The quantitative estimate of drug-likeness (QED) is 0.0664. The Balaban J connectivity index is 1.47. The van der Waals surface area contributed by atoms with Crippen molar-refractivity contribution in [3.63, 3.8) is 0 Å². The van der Waals surface area contributed by atoms with Crippen LogP contribution in [0.4, 0.5) is 11.4 Å². The Hall–Kier alpha value is -5.70. The van der Waals surface area contributed by atoms with Gasteiger partial charge in [-0.05, 0) is 67.4 Å². The fourth-order valence-electron chi connectivity index (χ4n) is 4.55. The topological polar surface area (TPSA) is 192 Å². The maximum absolute atomic E-state index is 13.4. The number of ketones is 1. The third-order valence-electron chi connectivity index (χ3n) is 6.95. The summed E-state index contributed by atoms with van der Waals surface area (Å²) in [6.07, 6.45) is 1.01. The van der Waals surface area contributed by atoms with Crippen LogP contribution >= 0.6 is 0 Å². The van der Waals surface area contributed by atoms with Gasteiger partial charge in [0.05, 0.1) is 34.3 Å². The molecule has 0 aromatic heterocycles. The number of aromatic carboxylic acids is 1. The van der Waals surface area contributed by atoms with E-state index in [2.05, 4.69) is 15.2 Å². The van der Waals surface area contributed by atoms with Crippen LogP contribution in [0.25, 0.3) is 0 Å². The van der Waals surface area contributed by atoms with Gasteiger partial charge in [-0.15, -0.1) is 0 Å². The van der Waals surface area contributed by atoms with Crippen LogP contribution < -0.4 is 15.1 Å². The summed E-state index contributed by atoms with van der Waals surface area (Å²) < 4.78 is 25.2. The lowest BCUT2D eigenvalue weighted by atomic mass is 10.0. The number of carboxylic acids is 1. The number of sulfonamides is 1. The van der Waals surface area contributed by atoms with Crippen LogP contribution in [0, 0.1) is 0 Å². The average Bonchev–Trinajstić information content (AvgIpc) is 3.06. The van der Waals surface area contributed by atoms with Crippen molar-refractivity contribution >= 4 is 50.7 Å². The summed E-state index contributed by atoms with van der Waals surface area (Å²) in [6, 6.07) is 23.1. The third-order valence-corrected chi connectivity index (χ3v) is 7.62. The predicted molar refractivity (Wildman–Crippen MR) is 178 cm³/mol. The van der Waals surface area contributed by atoms with Gasteiger partial charge in [0.1, 0.15) is 6.61 Å². The summed E-state index contributed by atoms with van der Waals surface area (Å²) in [4.78, 5) is 55.5. The van der Waals surface area contributed by atoms with Crippen molar-refractivity contribution < 1.29 is 42.7 Å². The maximum atomic E-state index is 13.4. The third kappa shape index (κ3) is 9.19. The van der Waals surface area contributed by atoms with Gasteiger partial charge in [0.15, 0.2) is 5.78 Å². The number of hydroxylamine groups is 1. The zero-order valence-electron chi connectivity index (χ0n) is 26.1. The highest BCUT2D eigenvalue weighted by molar-refractivity contribution is 7.88. The Morgan fingerprint density at radius 3 is 2.21 bits per heavy atom. The molecule has 0 saturated carbocycles. The molecular weight excluding hydrogens is 640 g/mol. The fourth-order valence-corrected chi connectivity index (χ4v) is 4.98. The Labute approximate surface area is 276 Å². The summed E-state index contributed by atoms with van der Waals surface area (Å²) >= 11 is 0. The van der Waals surface area contributed by atoms with Crippen LogP contribution in [0.5, 0.6) is 0 Å². The van der Waals surface area contributed by atoms with Crippen molar-refractivity contribution in [2.24, 2.45) is 5.16 Å². The number of hydrogen-bond donors (Lipinski definition) is 4. The van der Waals surface area contributed by atoms with Gasteiger partial charge in [-0.25, -0.2) is 17.9 Å². The highest BCUT2D eigenvalue weighted by atomic mass is 32.2. The van der Waals surface area contributed by atoms with Gasteiger partial charge >= 0.3 is 5.97 Å². The normalized spacial score (nSPS) is 11.5. The lowest BCUT2D eigenvalue weighted by molar-refractivity contribution is 0.0692. The highest BCUT2D eigenvalue weighted by Gasteiger charge is 2.22. The smallest absolute Gasteiger partial charge is 0.336 e. The Kier molecular flexibility index (Phi) is 11.2. The monoisotopic (exact) mass is 672 g/mol. The van der Waals surface area contributed by atoms with Crippen molar-refractivity contribution in [2.45, 2.75) is 27.0 Å². The second-order valence-electron chi connectivity index (χ2n) is 10.7. The Morgan fingerprint density at radius 2 is 1.52 bits per heavy atom. The van der Waals surface area contributed by atoms with Gasteiger partial charge in [-0.1, -0.05) is 53.7 Å². The minimum absolute atomic E-state index is 0.0116. The second-order valence-corrected chi connectivity index (χ2v) is 12.5. The lowest BCUT2D eigenvalue weighted by Crippen LogP contribution is -2.29. The van der Waals surface area contributed by atoms with E-state index < -0.39 is 33.6 Å². The number of hydrogen-bond acceptors (Lipinski definition) is 9. The number of nitrogens with zero attached hydrogens (tertiary/aromatic N) is 2. The van der Waals surface area contributed by atoms with Gasteiger partial charge in [0, 0.05) is 23.4 Å². The Bertz CT molecular complexity index is 2030. The second kappa shape index (κ2) is 15.3. The summed E-state index contributed by atoms with van der Waals surface area (Å²) in [5, 5.41) is 27.4. The number of oxime groups is 1. The molecule has 0 heterocycles. The number of Topliss-reactive ketones (excluding diaryl/α,β-unsaturated/α-hetero) is 1. The minimum atomic E-state index is -3.47. The van der Waals surface area contributed by atoms with Crippen molar-refractivity contribution in [3.8, 4) is 0 Å². The molecule has 0 saturated heterocycles. The molecule has 0 atom stereocenters. The molecule has 0 fully saturated rings. The van der Waals surface area contributed by atoms with Crippen LogP contribution in [-0.2, 0) is 28.0 Å². The van der Waals surface area contributed by atoms with E-state index in [1.165, 1.54) is 49.4 Å². The first kappa shape index (κ1) is 35.2. The zero-order valence-corrected chi connectivity index (χ0v) is 26.9. The Morgan fingerprint density at radius 1 is 0.812 bits per heavy atom. The molecule has 4 N–H and O–H groups in total. The number of amides is 2. The SMILES string of the molecule is CC(=O)c1ccc(CO/N=C(/C)c2cccc(NC(=O)c3ccccc3C(=O)O)c2)cc1C(=O)N(O)c1cccc(CNS(C)(=O)=O)c1. The molecule has 0 aliphatic rings. The predicted octanol–water partition coefficient (Wildman–Crippen LogP) is 4.87. The van der Waals surface area contributed by atoms with Crippen molar-refractivity contribution in [1.82, 2.24) is 4.72 Å². The number of carboxylic acid groups (broad SMARTS) is 1. The zero-order chi connectivity index (χ0) is 35.0. The molecular formula is C34H32N4O9S. The van der Waals surface area contributed by atoms with Crippen LogP contribution in [-0.4, -0.2) is 54.3 Å². The van der Waals surface area contributed by atoms with E-state index in [4.69, 9.17) is 4.84 Å². The molecule has 4 aromatic rings. The summed E-state index contributed by atoms with van der Waals surface area (Å²) in [7, 11) is -3.47. The highest BCUT2D eigenvalue weighted by Crippen LogP contribution is 2.22. The molecule has 48 heavy (non-hydrogen) atoms. The molecule has 0 radical (unpaired) electrons.